The van der Waals surface area contributed by atoms with Gasteiger partial charge in [-0.05, 0) is 45.3 Å². The van der Waals surface area contributed by atoms with Crippen LogP contribution in [-0.2, 0) is 0 Å². The molecular formula is C17H22ClN5O2. The second-order valence-electron chi connectivity index (χ2n) is 5.68. The van der Waals surface area contributed by atoms with E-state index < -0.39 is 0 Å². The lowest BCUT2D eigenvalue weighted by molar-refractivity contribution is 0.102. The largest absolute Gasteiger partial charge is 0.495 e. The molecule has 2 N–H and O–H groups in total. The molecule has 0 saturated heterocycles. The summed E-state index contributed by atoms with van der Waals surface area (Å²) in [6, 6.07) is 5.03. The van der Waals surface area contributed by atoms with Crippen LogP contribution in [0.25, 0.3) is 0 Å². The summed E-state index contributed by atoms with van der Waals surface area (Å²) in [5, 5.41) is 6.30. The Hall–Kier alpha value is -2.38. The van der Waals surface area contributed by atoms with Crippen molar-refractivity contribution in [3.05, 3.63) is 41.2 Å². The van der Waals surface area contributed by atoms with Crippen LogP contribution < -0.4 is 15.4 Å². The number of amides is 1. The van der Waals surface area contributed by atoms with Crippen molar-refractivity contribution in [1.82, 2.24) is 14.9 Å². The first-order valence-corrected chi connectivity index (χ1v) is 8.23. The van der Waals surface area contributed by atoms with Crippen LogP contribution in [0.1, 0.15) is 16.8 Å². The highest BCUT2D eigenvalue weighted by molar-refractivity contribution is 6.32. The number of nitrogens with zero attached hydrogens (tertiary/aromatic N) is 3. The molecule has 0 spiro atoms. The normalized spacial score (nSPS) is 10.6. The Morgan fingerprint density at radius 1 is 1.28 bits per heavy atom. The van der Waals surface area contributed by atoms with Crippen LogP contribution in [0.4, 0.5) is 11.6 Å². The summed E-state index contributed by atoms with van der Waals surface area (Å²) < 4.78 is 5.08. The van der Waals surface area contributed by atoms with Crippen molar-refractivity contribution < 1.29 is 9.53 Å². The molecule has 1 heterocycles. The molecule has 8 heteroatoms. The number of nitrogens with one attached hydrogen (secondary N) is 2. The molecule has 1 amide bonds. The van der Waals surface area contributed by atoms with Gasteiger partial charge in [0.25, 0.3) is 5.91 Å². The maximum Gasteiger partial charge on any atom is 0.258 e. The van der Waals surface area contributed by atoms with E-state index in [1.54, 1.807) is 18.2 Å². The number of anilines is 2. The molecule has 0 radical (unpaired) electrons. The van der Waals surface area contributed by atoms with E-state index in [1.165, 1.54) is 19.5 Å². The molecule has 2 rings (SSSR count). The minimum absolute atomic E-state index is 0.305. The number of methoxy groups -OCH3 is 1. The zero-order chi connectivity index (χ0) is 18.2. The molecule has 134 valence electrons. The first-order valence-electron chi connectivity index (χ1n) is 7.85. The van der Waals surface area contributed by atoms with Crippen molar-refractivity contribution >= 4 is 29.1 Å². The van der Waals surface area contributed by atoms with Gasteiger partial charge in [0.05, 0.1) is 17.7 Å². The fourth-order valence-corrected chi connectivity index (χ4v) is 2.34. The van der Waals surface area contributed by atoms with Gasteiger partial charge in [-0.2, -0.15) is 0 Å². The molecule has 1 aromatic carbocycles. The molecule has 0 atom stereocenters. The third-order valence-corrected chi connectivity index (χ3v) is 3.68. The van der Waals surface area contributed by atoms with E-state index in [-0.39, 0.29) is 5.91 Å². The van der Waals surface area contributed by atoms with Crippen molar-refractivity contribution in [2.24, 2.45) is 0 Å². The molecule has 25 heavy (non-hydrogen) atoms. The summed E-state index contributed by atoms with van der Waals surface area (Å²) in [7, 11) is 5.59. The summed E-state index contributed by atoms with van der Waals surface area (Å²) in [6.45, 7) is 1.76. The van der Waals surface area contributed by atoms with Gasteiger partial charge in [-0.25, -0.2) is 9.97 Å². The summed E-state index contributed by atoms with van der Waals surface area (Å²) in [4.78, 5) is 22.7. The van der Waals surface area contributed by atoms with Gasteiger partial charge >= 0.3 is 0 Å². The number of hydrogen-bond acceptors (Lipinski definition) is 6. The maximum atomic E-state index is 12.2. The van der Waals surface area contributed by atoms with Crippen LogP contribution in [0.2, 0.25) is 5.02 Å². The molecule has 0 aliphatic rings. The topological polar surface area (TPSA) is 79.4 Å². The van der Waals surface area contributed by atoms with E-state index in [1.807, 2.05) is 14.1 Å². The van der Waals surface area contributed by atoms with E-state index in [0.29, 0.717) is 28.0 Å². The van der Waals surface area contributed by atoms with Crippen LogP contribution in [0.5, 0.6) is 5.75 Å². The van der Waals surface area contributed by atoms with Crippen molar-refractivity contribution in [3.8, 4) is 5.75 Å². The number of carbonyl (C=O) groups is 1. The number of carbonyl (C=O) groups excluding carboxylic acids is 1. The van der Waals surface area contributed by atoms with Crippen molar-refractivity contribution in [1.29, 1.82) is 0 Å². The van der Waals surface area contributed by atoms with E-state index in [4.69, 9.17) is 16.3 Å². The number of hydrogen-bond donors (Lipinski definition) is 2. The van der Waals surface area contributed by atoms with Gasteiger partial charge in [0.15, 0.2) is 0 Å². The minimum atomic E-state index is -0.305. The predicted octanol–water partition coefficient (Wildman–Crippen LogP) is 2.75. The monoisotopic (exact) mass is 363 g/mol. The van der Waals surface area contributed by atoms with Crippen LogP contribution in [0, 0.1) is 0 Å². The molecule has 1 aromatic heterocycles. The van der Waals surface area contributed by atoms with Gasteiger partial charge in [0, 0.05) is 24.6 Å². The number of halogens is 1. The van der Waals surface area contributed by atoms with Crippen molar-refractivity contribution in [2.75, 3.05) is 44.9 Å². The lowest BCUT2D eigenvalue weighted by Gasteiger charge is -2.10. The lowest BCUT2D eigenvalue weighted by Crippen LogP contribution is -2.17. The van der Waals surface area contributed by atoms with Gasteiger partial charge in [-0.3, -0.25) is 4.79 Å². The Morgan fingerprint density at radius 3 is 2.60 bits per heavy atom. The zero-order valence-electron chi connectivity index (χ0n) is 14.5. The van der Waals surface area contributed by atoms with Gasteiger partial charge in [0.2, 0.25) is 5.95 Å². The SMILES string of the molecule is COc1ccc(NC(=O)c2cnc(NCCCN(C)C)nc2)cc1Cl. The average molecular weight is 364 g/mol. The van der Waals surface area contributed by atoms with Crippen molar-refractivity contribution in [3.63, 3.8) is 0 Å². The Bertz CT molecular complexity index is 707. The third-order valence-electron chi connectivity index (χ3n) is 3.39. The number of ether oxygens (including phenoxy) is 1. The molecular weight excluding hydrogens is 342 g/mol. The molecule has 0 aliphatic carbocycles. The highest BCUT2D eigenvalue weighted by Crippen LogP contribution is 2.27. The molecule has 2 aromatic rings. The molecule has 0 fully saturated rings. The number of aromatic nitrogens is 2. The highest BCUT2D eigenvalue weighted by atomic mass is 35.5. The maximum absolute atomic E-state index is 12.2. The van der Waals surface area contributed by atoms with Crippen molar-refractivity contribution in [2.45, 2.75) is 6.42 Å². The number of benzene rings is 1. The van der Waals surface area contributed by atoms with Crippen LogP contribution in [-0.4, -0.2) is 55.1 Å². The van der Waals surface area contributed by atoms with Gasteiger partial charge in [-0.1, -0.05) is 11.6 Å². The second-order valence-corrected chi connectivity index (χ2v) is 6.09. The fraction of sp³-hybridized carbons (Fsp3) is 0.353. The van der Waals surface area contributed by atoms with Crippen LogP contribution >= 0.6 is 11.6 Å². The highest BCUT2D eigenvalue weighted by Gasteiger charge is 2.09. The first-order chi connectivity index (χ1) is 12.0. The molecule has 0 unspecified atom stereocenters. The van der Waals surface area contributed by atoms with Gasteiger partial charge in [-0.15, -0.1) is 0 Å². The first kappa shape index (κ1) is 19.0. The minimum Gasteiger partial charge on any atom is -0.495 e. The lowest BCUT2D eigenvalue weighted by atomic mass is 10.2. The summed E-state index contributed by atoms with van der Waals surface area (Å²) in [5.41, 5.74) is 0.937. The van der Waals surface area contributed by atoms with E-state index in [2.05, 4.69) is 25.5 Å². The quantitative estimate of drug-likeness (QED) is 0.702. The summed E-state index contributed by atoms with van der Waals surface area (Å²) in [5.74, 6) is 0.746. The molecule has 7 nitrogen and oxygen atoms in total. The second kappa shape index (κ2) is 9.19. The summed E-state index contributed by atoms with van der Waals surface area (Å²) in [6.07, 6.45) is 3.96. The average Bonchev–Trinajstić information content (AvgIpc) is 2.59. The Morgan fingerprint density at radius 2 is 2.00 bits per heavy atom. The summed E-state index contributed by atoms with van der Waals surface area (Å²) >= 11 is 6.05. The third kappa shape index (κ3) is 5.88. The van der Waals surface area contributed by atoms with E-state index in [0.717, 1.165) is 19.5 Å². The molecule has 0 aliphatic heterocycles. The van der Waals surface area contributed by atoms with Crippen LogP contribution in [0.3, 0.4) is 0 Å². The van der Waals surface area contributed by atoms with Crippen LogP contribution in [0.15, 0.2) is 30.6 Å². The van der Waals surface area contributed by atoms with Gasteiger partial charge in [0.1, 0.15) is 5.75 Å². The zero-order valence-corrected chi connectivity index (χ0v) is 15.3. The van der Waals surface area contributed by atoms with E-state index >= 15 is 0 Å². The molecule has 0 bridgehead atoms. The number of rotatable bonds is 8. The standard InChI is InChI=1S/C17H22ClN5O2/c1-23(2)8-4-7-19-17-20-10-12(11-21-17)16(24)22-13-5-6-15(25-3)14(18)9-13/h5-6,9-11H,4,7-8H2,1-3H3,(H,22,24)(H,19,20,21). The Kier molecular flexibility index (Phi) is 6.97. The van der Waals surface area contributed by atoms with E-state index in [9.17, 15) is 4.79 Å². The Balaban J connectivity index is 1.90. The van der Waals surface area contributed by atoms with Gasteiger partial charge < -0.3 is 20.3 Å². The smallest absolute Gasteiger partial charge is 0.258 e. The predicted molar refractivity (Wildman–Crippen MR) is 99.6 cm³/mol. The fourth-order valence-electron chi connectivity index (χ4n) is 2.08. The molecule has 0 saturated carbocycles. The Labute approximate surface area is 152 Å².